The lowest BCUT2D eigenvalue weighted by Gasteiger charge is -1.99. The summed E-state index contributed by atoms with van der Waals surface area (Å²) in [6.07, 6.45) is 0.145. The zero-order chi connectivity index (χ0) is 11.7. The number of methoxy groups -OCH3 is 1. The Bertz CT molecular complexity index is 542. The van der Waals surface area contributed by atoms with Crippen molar-refractivity contribution < 1.29 is 14.1 Å². The van der Waals surface area contributed by atoms with Gasteiger partial charge in [-0.15, -0.1) is 0 Å². The molecule has 0 atom stereocenters. The van der Waals surface area contributed by atoms with Gasteiger partial charge in [-0.3, -0.25) is 4.79 Å². The number of nitrogens with zero attached hydrogens (tertiary/aromatic N) is 1. The molecule has 16 heavy (non-hydrogen) atoms. The van der Waals surface area contributed by atoms with Crippen molar-refractivity contribution >= 4 is 16.9 Å². The number of aryl methyl sites for hydroxylation is 2. The summed E-state index contributed by atoms with van der Waals surface area (Å²) >= 11 is 0. The second kappa shape index (κ2) is 3.96. The zero-order valence-electron chi connectivity index (χ0n) is 9.53. The Morgan fingerprint density at radius 3 is 2.75 bits per heavy atom. The van der Waals surface area contributed by atoms with Crippen LogP contribution in [0.2, 0.25) is 0 Å². The van der Waals surface area contributed by atoms with Crippen LogP contribution in [-0.4, -0.2) is 18.2 Å². The number of carbonyl (C=O) groups excluding carboxylic acids is 1. The Morgan fingerprint density at radius 1 is 1.38 bits per heavy atom. The molecule has 1 aromatic carbocycles. The van der Waals surface area contributed by atoms with Crippen molar-refractivity contribution in [3.8, 4) is 0 Å². The predicted molar refractivity (Wildman–Crippen MR) is 59.2 cm³/mol. The number of fused-ring (bicyclic) bond motifs is 1. The van der Waals surface area contributed by atoms with E-state index in [1.807, 2.05) is 26.0 Å². The largest absolute Gasteiger partial charge is 0.469 e. The Hall–Kier alpha value is -1.84. The third-order valence-corrected chi connectivity index (χ3v) is 2.70. The third kappa shape index (κ3) is 1.78. The van der Waals surface area contributed by atoms with Gasteiger partial charge in [-0.25, -0.2) is 0 Å². The van der Waals surface area contributed by atoms with Gasteiger partial charge in [-0.05, 0) is 37.1 Å². The minimum absolute atomic E-state index is 0.145. The lowest BCUT2D eigenvalue weighted by molar-refractivity contribution is -0.139. The van der Waals surface area contributed by atoms with Crippen molar-refractivity contribution in [1.82, 2.24) is 5.16 Å². The van der Waals surface area contributed by atoms with Crippen LogP contribution in [0, 0.1) is 13.8 Å². The van der Waals surface area contributed by atoms with Crippen LogP contribution >= 0.6 is 0 Å². The average Bonchev–Trinajstić information content (AvgIpc) is 2.62. The van der Waals surface area contributed by atoms with Gasteiger partial charge in [0.15, 0.2) is 5.58 Å². The minimum atomic E-state index is -0.312. The lowest BCUT2D eigenvalue weighted by Crippen LogP contribution is -2.04. The summed E-state index contributed by atoms with van der Waals surface area (Å²) in [4.78, 5) is 11.2. The molecular weight excluding hydrogens is 206 g/mol. The summed E-state index contributed by atoms with van der Waals surface area (Å²) in [7, 11) is 1.36. The van der Waals surface area contributed by atoms with E-state index >= 15 is 0 Å². The quantitative estimate of drug-likeness (QED) is 0.726. The van der Waals surface area contributed by atoms with Crippen LogP contribution in [0.25, 0.3) is 11.0 Å². The number of hydrogen-bond donors (Lipinski definition) is 0. The van der Waals surface area contributed by atoms with Crippen LogP contribution in [0.3, 0.4) is 0 Å². The fourth-order valence-corrected chi connectivity index (χ4v) is 1.58. The fraction of sp³-hybridized carbons (Fsp3) is 0.333. The highest BCUT2D eigenvalue weighted by molar-refractivity contribution is 5.85. The second-order valence-electron chi connectivity index (χ2n) is 3.81. The molecule has 2 aromatic rings. The van der Waals surface area contributed by atoms with E-state index in [1.54, 1.807) is 0 Å². The van der Waals surface area contributed by atoms with Crippen molar-refractivity contribution in [2.45, 2.75) is 20.3 Å². The number of esters is 1. The molecule has 1 heterocycles. The average molecular weight is 219 g/mol. The summed E-state index contributed by atoms with van der Waals surface area (Å²) in [6.45, 7) is 4.03. The maximum atomic E-state index is 11.2. The normalized spacial score (nSPS) is 10.7. The molecule has 0 spiro atoms. The molecule has 84 valence electrons. The van der Waals surface area contributed by atoms with E-state index in [2.05, 4.69) is 9.89 Å². The summed E-state index contributed by atoms with van der Waals surface area (Å²) in [6, 6.07) is 3.91. The summed E-state index contributed by atoms with van der Waals surface area (Å²) in [5.74, 6) is -0.312. The van der Waals surface area contributed by atoms with Crippen molar-refractivity contribution in [2.24, 2.45) is 0 Å². The first-order chi connectivity index (χ1) is 7.61. The van der Waals surface area contributed by atoms with Crippen molar-refractivity contribution in [2.75, 3.05) is 7.11 Å². The van der Waals surface area contributed by atoms with E-state index in [1.165, 1.54) is 7.11 Å². The van der Waals surface area contributed by atoms with Crippen molar-refractivity contribution in [3.63, 3.8) is 0 Å². The molecule has 0 amide bonds. The fourth-order valence-electron chi connectivity index (χ4n) is 1.58. The van der Waals surface area contributed by atoms with Gasteiger partial charge < -0.3 is 9.26 Å². The number of ether oxygens (including phenoxy) is 1. The smallest absolute Gasteiger partial charge is 0.311 e. The molecule has 0 aliphatic rings. The van der Waals surface area contributed by atoms with E-state index < -0.39 is 0 Å². The number of carbonyl (C=O) groups is 1. The van der Waals surface area contributed by atoms with E-state index in [0.29, 0.717) is 11.3 Å². The molecule has 0 aliphatic carbocycles. The van der Waals surface area contributed by atoms with Crippen LogP contribution in [0.1, 0.15) is 16.8 Å². The van der Waals surface area contributed by atoms with E-state index in [9.17, 15) is 4.79 Å². The van der Waals surface area contributed by atoms with Gasteiger partial charge in [-0.1, -0.05) is 5.16 Å². The maximum absolute atomic E-state index is 11.2. The van der Waals surface area contributed by atoms with Crippen LogP contribution in [0.4, 0.5) is 0 Å². The van der Waals surface area contributed by atoms with E-state index in [-0.39, 0.29) is 12.4 Å². The van der Waals surface area contributed by atoms with Crippen LogP contribution < -0.4 is 0 Å². The Morgan fingerprint density at radius 2 is 2.06 bits per heavy atom. The Balaban J connectivity index is 2.48. The molecule has 0 N–H and O–H groups in total. The molecule has 1 aromatic heterocycles. The standard InChI is InChI=1S/C12H13NO3/c1-7-4-9-10(6-12(14)15-3)13-16-11(9)5-8(7)2/h4-5H,6H2,1-3H3. The van der Waals surface area contributed by atoms with Crippen LogP contribution in [0.15, 0.2) is 16.7 Å². The summed E-state index contributed by atoms with van der Waals surface area (Å²) < 4.78 is 9.78. The Labute approximate surface area is 93.2 Å². The number of rotatable bonds is 2. The first kappa shape index (κ1) is 10.7. The molecule has 4 nitrogen and oxygen atoms in total. The van der Waals surface area contributed by atoms with Gasteiger partial charge in [-0.2, -0.15) is 0 Å². The molecule has 0 saturated carbocycles. The summed E-state index contributed by atoms with van der Waals surface area (Å²) in [5.41, 5.74) is 3.64. The monoisotopic (exact) mass is 219 g/mol. The molecule has 0 unspecified atom stereocenters. The lowest BCUT2D eigenvalue weighted by atomic mass is 10.1. The highest BCUT2D eigenvalue weighted by atomic mass is 16.5. The first-order valence-electron chi connectivity index (χ1n) is 5.04. The predicted octanol–water partition coefficient (Wildman–Crippen LogP) is 2.16. The first-order valence-corrected chi connectivity index (χ1v) is 5.04. The van der Waals surface area contributed by atoms with E-state index in [0.717, 1.165) is 16.5 Å². The number of hydrogen-bond acceptors (Lipinski definition) is 4. The zero-order valence-corrected chi connectivity index (χ0v) is 9.53. The maximum Gasteiger partial charge on any atom is 0.311 e. The van der Waals surface area contributed by atoms with Crippen molar-refractivity contribution in [3.05, 3.63) is 29.0 Å². The molecule has 0 fully saturated rings. The van der Waals surface area contributed by atoms with Gasteiger partial charge in [0, 0.05) is 5.39 Å². The summed E-state index contributed by atoms with van der Waals surface area (Å²) in [5, 5.41) is 4.77. The molecule has 0 aliphatic heterocycles. The van der Waals surface area contributed by atoms with Crippen molar-refractivity contribution in [1.29, 1.82) is 0 Å². The SMILES string of the molecule is COC(=O)Cc1noc2cc(C)c(C)cc12. The Kier molecular flexibility index (Phi) is 2.64. The number of benzene rings is 1. The van der Waals surface area contributed by atoms with Gasteiger partial charge in [0.25, 0.3) is 0 Å². The van der Waals surface area contributed by atoms with Gasteiger partial charge in [0.05, 0.1) is 13.5 Å². The highest BCUT2D eigenvalue weighted by Gasteiger charge is 2.13. The van der Waals surface area contributed by atoms with Crippen LogP contribution in [-0.2, 0) is 16.0 Å². The molecule has 0 radical (unpaired) electrons. The minimum Gasteiger partial charge on any atom is -0.469 e. The highest BCUT2D eigenvalue weighted by Crippen LogP contribution is 2.22. The van der Waals surface area contributed by atoms with E-state index in [4.69, 9.17) is 4.52 Å². The number of aromatic nitrogens is 1. The molecule has 0 bridgehead atoms. The topological polar surface area (TPSA) is 52.3 Å². The van der Waals surface area contributed by atoms with Gasteiger partial charge in [0.1, 0.15) is 5.69 Å². The molecule has 4 heteroatoms. The third-order valence-electron chi connectivity index (χ3n) is 2.70. The van der Waals surface area contributed by atoms with Gasteiger partial charge >= 0.3 is 5.97 Å². The molecule has 0 saturated heterocycles. The molecule has 2 rings (SSSR count). The van der Waals surface area contributed by atoms with Crippen LogP contribution in [0.5, 0.6) is 0 Å². The van der Waals surface area contributed by atoms with Gasteiger partial charge in [0.2, 0.25) is 0 Å². The second-order valence-corrected chi connectivity index (χ2v) is 3.81. The molecular formula is C12H13NO3.